The second-order valence-electron chi connectivity index (χ2n) is 11.8. The number of esters is 2. The minimum absolute atomic E-state index is 0.358. The predicted molar refractivity (Wildman–Crippen MR) is 179 cm³/mol. The van der Waals surface area contributed by atoms with E-state index >= 15 is 0 Å². The lowest BCUT2D eigenvalue weighted by Gasteiger charge is -2.50. The number of hydrogen-bond acceptors (Lipinski definition) is 4. The van der Waals surface area contributed by atoms with Gasteiger partial charge in [0.2, 0.25) is 0 Å². The van der Waals surface area contributed by atoms with Crippen molar-refractivity contribution in [2.45, 2.75) is 24.0 Å². The van der Waals surface area contributed by atoms with E-state index in [1.807, 2.05) is 72.8 Å². The van der Waals surface area contributed by atoms with Crippen LogP contribution in [0.5, 0.6) is 0 Å². The SMILES string of the molecule is O=C(OC1C2c3cccc(-c4ccccc4)c3C(c3c(-c4ccccc4)cccc32)C1OC(=O)c1ccccc1)c1ccccc1. The first-order chi connectivity index (χ1) is 22.7. The Morgan fingerprint density at radius 3 is 1.17 bits per heavy atom. The summed E-state index contributed by atoms with van der Waals surface area (Å²) < 4.78 is 13.0. The molecule has 2 atom stereocenters. The van der Waals surface area contributed by atoms with E-state index in [4.69, 9.17) is 9.47 Å². The molecule has 0 fully saturated rings. The summed E-state index contributed by atoms with van der Waals surface area (Å²) in [4.78, 5) is 27.6. The Kier molecular flexibility index (Phi) is 7.03. The van der Waals surface area contributed by atoms with E-state index < -0.39 is 30.1 Å². The Morgan fingerprint density at radius 1 is 0.391 bits per heavy atom. The van der Waals surface area contributed by atoms with Gasteiger partial charge in [-0.2, -0.15) is 0 Å². The average Bonchev–Trinajstić information content (AvgIpc) is 3.13. The number of hydrogen-bond donors (Lipinski definition) is 0. The summed E-state index contributed by atoms with van der Waals surface area (Å²) in [5, 5.41) is 0. The fraction of sp³-hybridized carbons (Fsp3) is 0.0952. The quantitative estimate of drug-likeness (QED) is 0.180. The maximum atomic E-state index is 13.9. The molecule has 9 rings (SSSR count). The Hall–Kier alpha value is -5.74. The Labute approximate surface area is 267 Å². The van der Waals surface area contributed by atoms with Crippen molar-refractivity contribution in [2.75, 3.05) is 0 Å². The zero-order valence-corrected chi connectivity index (χ0v) is 25.0. The summed E-state index contributed by atoms with van der Waals surface area (Å²) in [6.07, 6.45) is -1.53. The Bertz CT molecular complexity index is 1950. The molecule has 4 heteroatoms. The third kappa shape index (κ3) is 4.70. The maximum Gasteiger partial charge on any atom is 0.338 e. The first-order valence-electron chi connectivity index (χ1n) is 15.6. The molecule has 0 aromatic heterocycles. The van der Waals surface area contributed by atoms with Crippen molar-refractivity contribution in [2.24, 2.45) is 0 Å². The number of carbonyl (C=O) groups is 2. The lowest BCUT2D eigenvalue weighted by molar-refractivity contribution is -0.0555. The van der Waals surface area contributed by atoms with Crippen molar-refractivity contribution in [1.29, 1.82) is 0 Å². The Balaban J connectivity index is 1.37. The molecule has 0 aliphatic heterocycles. The Morgan fingerprint density at radius 2 is 0.761 bits per heavy atom. The number of rotatable bonds is 6. The van der Waals surface area contributed by atoms with Gasteiger partial charge in [-0.15, -0.1) is 0 Å². The van der Waals surface area contributed by atoms with Crippen molar-refractivity contribution >= 4 is 11.9 Å². The van der Waals surface area contributed by atoms with Gasteiger partial charge in [-0.3, -0.25) is 0 Å². The molecule has 0 N–H and O–H groups in total. The molecule has 2 unspecified atom stereocenters. The van der Waals surface area contributed by atoms with Gasteiger partial charge in [-0.25, -0.2) is 9.59 Å². The van der Waals surface area contributed by atoms with Crippen LogP contribution in [0.1, 0.15) is 54.8 Å². The lowest BCUT2D eigenvalue weighted by Crippen LogP contribution is -2.51. The van der Waals surface area contributed by atoms with Crippen LogP contribution in [0.15, 0.2) is 158 Å². The lowest BCUT2D eigenvalue weighted by atomic mass is 9.58. The molecule has 0 saturated heterocycles. The molecule has 46 heavy (non-hydrogen) atoms. The summed E-state index contributed by atoms with van der Waals surface area (Å²) in [5.41, 5.74) is 9.60. The fourth-order valence-electron chi connectivity index (χ4n) is 7.32. The van der Waals surface area contributed by atoms with Gasteiger partial charge in [0.25, 0.3) is 0 Å². The topological polar surface area (TPSA) is 52.6 Å². The van der Waals surface area contributed by atoms with Crippen LogP contribution in [0.3, 0.4) is 0 Å². The molecule has 6 aromatic rings. The average molecular weight is 599 g/mol. The number of fused-ring (bicyclic) bond motifs is 1. The zero-order valence-electron chi connectivity index (χ0n) is 25.0. The van der Waals surface area contributed by atoms with Gasteiger partial charge < -0.3 is 9.47 Å². The molecule has 2 bridgehead atoms. The van der Waals surface area contributed by atoms with Crippen LogP contribution in [0, 0.1) is 0 Å². The van der Waals surface area contributed by atoms with Crippen molar-refractivity contribution in [3.63, 3.8) is 0 Å². The molecule has 0 heterocycles. The van der Waals surface area contributed by atoms with E-state index in [1.54, 1.807) is 24.3 Å². The summed E-state index contributed by atoms with van der Waals surface area (Å²) in [7, 11) is 0. The van der Waals surface area contributed by atoms with Gasteiger partial charge >= 0.3 is 11.9 Å². The summed E-state index contributed by atoms with van der Waals surface area (Å²) in [5.74, 6) is -1.65. The molecule has 0 amide bonds. The first kappa shape index (κ1) is 27.8. The van der Waals surface area contributed by atoms with Crippen molar-refractivity contribution in [3.8, 4) is 22.3 Å². The predicted octanol–water partition coefficient (Wildman–Crippen LogP) is 9.06. The van der Waals surface area contributed by atoms with Gasteiger partial charge in [-0.05, 0) is 68.8 Å². The molecule has 6 aromatic carbocycles. The number of carbonyl (C=O) groups excluding carboxylic acids is 2. The molecule has 222 valence electrons. The highest BCUT2D eigenvalue weighted by Crippen LogP contribution is 2.59. The summed E-state index contributed by atoms with van der Waals surface area (Å²) >= 11 is 0. The number of benzene rings is 6. The molecule has 0 saturated carbocycles. The van der Waals surface area contributed by atoms with Crippen molar-refractivity contribution < 1.29 is 19.1 Å². The normalized spacial score (nSPS) is 19.0. The molecule has 0 radical (unpaired) electrons. The monoisotopic (exact) mass is 598 g/mol. The molecular weight excluding hydrogens is 568 g/mol. The molecule has 3 aliphatic rings. The van der Waals surface area contributed by atoms with Gasteiger partial charge in [0.15, 0.2) is 12.2 Å². The molecule has 4 nitrogen and oxygen atoms in total. The minimum Gasteiger partial charge on any atom is -0.454 e. The largest absolute Gasteiger partial charge is 0.454 e. The highest BCUT2D eigenvalue weighted by atomic mass is 16.6. The first-order valence-corrected chi connectivity index (χ1v) is 15.6. The van der Waals surface area contributed by atoms with E-state index in [-0.39, 0.29) is 5.92 Å². The third-order valence-corrected chi connectivity index (χ3v) is 9.23. The van der Waals surface area contributed by atoms with Gasteiger partial charge in [0.05, 0.1) is 23.0 Å². The van der Waals surface area contributed by atoms with E-state index in [0.717, 1.165) is 44.5 Å². The van der Waals surface area contributed by atoms with Gasteiger partial charge in [0, 0.05) is 0 Å². The van der Waals surface area contributed by atoms with Crippen LogP contribution in [-0.4, -0.2) is 24.1 Å². The maximum absolute atomic E-state index is 13.9. The van der Waals surface area contributed by atoms with Crippen molar-refractivity contribution in [1.82, 2.24) is 0 Å². The highest BCUT2D eigenvalue weighted by molar-refractivity contribution is 5.91. The highest BCUT2D eigenvalue weighted by Gasteiger charge is 2.55. The fourth-order valence-corrected chi connectivity index (χ4v) is 7.32. The standard InChI is InChI=1S/C42H30O4/c43-41(29-19-9-3-10-20-29)45-39-37-33-25-13-23-31(27-15-5-1-6-16-27)35(33)38(40(39)46-42(44)30-21-11-4-12-22-30)36-32(24-14-26-34(36)37)28-17-7-2-8-18-28/h1-26,37-40H. The summed E-state index contributed by atoms with van der Waals surface area (Å²) in [6.45, 7) is 0. The van der Waals surface area contributed by atoms with Crippen LogP contribution in [0.2, 0.25) is 0 Å². The van der Waals surface area contributed by atoms with E-state index in [0.29, 0.717) is 11.1 Å². The zero-order chi connectivity index (χ0) is 31.0. The number of ether oxygens (including phenoxy) is 2. The van der Waals surface area contributed by atoms with E-state index in [2.05, 4.69) is 60.7 Å². The molecule has 3 aliphatic carbocycles. The van der Waals surface area contributed by atoms with Crippen molar-refractivity contribution in [3.05, 3.63) is 191 Å². The van der Waals surface area contributed by atoms with Gasteiger partial charge in [-0.1, -0.05) is 133 Å². The van der Waals surface area contributed by atoms with E-state index in [1.165, 1.54) is 0 Å². The third-order valence-electron chi connectivity index (χ3n) is 9.23. The van der Waals surface area contributed by atoms with Crippen LogP contribution >= 0.6 is 0 Å². The van der Waals surface area contributed by atoms with Crippen LogP contribution < -0.4 is 0 Å². The van der Waals surface area contributed by atoms with Crippen LogP contribution in [0.4, 0.5) is 0 Å². The van der Waals surface area contributed by atoms with Crippen LogP contribution in [-0.2, 0) is 9.47 Å². The minimum atomic E-state index is -0.778. The molecule has 0 spiro atoms. The smallest absolute Gasteiger partial charge is 0.338 e. The van der Waals surface area contributed by atoms with Crippen LogP contribution in [0.25, 0.3) is 22.3 Å². The van der Waals surface area contributed by atoms with E-state index in [9.17, 15) is 9.59 Å². The second-order valence-corrected chi connectivity index (χ2v) is 11.8. The summed E-state index contributed by atoms with van der Waals surface area (Å²) in [6, 6.07) is 51.3. The second kappa shape index (κ2) is 11.6. The van der Waals surface area contributed by atoms with Gasteiger partial charge in [0.1, 0.15) is 0 Å². The molecular formula is C42H30O4.